The van der Waals surface area contributed by atoms with E-state index in [9.17, 15) is 9.59 Å². The summed E-state index contributed by atoms with van der Waals surface area (Å²) in [6.45, 7) is 7.05. The molecule has 4 rings (SSSR count). The highest BCUT2D eigenvalue weighted by atomic mass is 16.2. The molecule has 1 unspecified atom stereocenters. The van der Waals surface area contributed by atoms with E-state index in [4.69, 9.17) is 0 Å². The molecule has 7 nitrogen and oxygen atoms in total. The van der Waals surface area contributed by atoms with Gasteiger partial charge in [-0.15, -0.1) is 0 Å². The van der Waals surface area contributed by atoms with Crippen LogP contribution in [0.2, 0.25) is 0 Å². The van der Waals surface area contributed by atoms with Crippen molar-refractivity contribution in [2.24, 2.45) is 0 Å². The van der Waals surface area contributed by atoms with Crippen molar-refractivity contribution in [1.29, 1.82) is 0 Å². The zero-order valence-electron chi connectivity index (χ0n) is 16.3. The second kappa shape index (κ2) is 8.14. The van der Waals surface area contributed by atoms with E-state index in [1.807, 2.05) is 28.0 Å². The number of para-hydroxylation sites is 1. The predicted octanol–water partition coefficient (Wildman–Crippen LogP) is 1.57. The average molecular weight is 381 g/mol. The molecule has 2 amide bonds. The average Bonchev–Trinajstić information content (AvgIpc) is 3.41. The maximum atomic E-state index is 13.4. The molecule has 1 fully saturated rings. The van der Waals surface area contributed by atoms with E-state index < -0.39 is 6.04 Å². The molecule has 0 bridgehead atoms. The summed E-state index contributed by atoms with van der Waals surface area (Å²) < 4.78 is 1.77. The zero-order valence-corrected chi connectivity index (χ0v) is 16.3. The first-order valence-electron chi connectivity index (χ1n) is 10.0. The largest absolute Gasteiger partial charge is 0.340 e. The van der Waals surface area contributed by atoms with E-state index in [-0.39, 0.29) is 18.2 Å². The molecule has 1 atom stereocenters. The van der Waals surface area contributed by atoms with Gasteiger partial charge in [0.2, 0.25) is 5.91 Å². The van der Waals surface area contributed by atoms with Crippen LogP contribution in [0.3, 0.4) is 0 Å². The predicted molar refractivity (Wildman–Crippen MR) is 107 cm³/mol. The first kappa shape index (κ1) is 18.7. The van der Waals surface area contributed by atoms with Crippen LogP contribution in [0, 0.1) is 0 Å². The number of hydrogen-bond acceptors (Lipinski definition) is 4. The minimum Gasteiger partial charge on any atom is -0.340 e. The molecule has 1 aromatic carbocycles. The van der Waals surface area contributed by atoms with E-state index in [1.54, 1.807) is 23.3 Å². The van der Waals surface area contributed by atoms with E-state index in [1.165, 1.54) is 5.56 Å². The first-order chi connectivity index (χ1) is 13.7. The topological polar surface area (TPSA) is 61.7 Å². The lowest BCUT2D eigenvalue weighted by molar-refractivity contribution is -0.136. The van der Waals surface area contributed by atoms with Crippen molar-refractivity contribution in [1.82, 2.24) is 19.4 Å². The van der Waals surface area contributed by atoms with Crippen LogP contribution in [0.1, 0.15) is 24.9 Å². The van der Waals surface area contributed by atoms with Crippen LogP contribution >= 0.6 is 0 Å². The molecule has 28 heavy (non-hydrogen) atoms. The molecule has 3 heterocycles. The Bertz CT molecular complexity index is 827. The molecule has 1 aromatic heterocycles. The molecule has 0 saturated carbocycles. The van der Waals surface area contributed by atoms with Gasteiger partial charge in [0.25, 0.3) is 5.91 Å². The third kappa shape index (κ3) is 3.67. The molecular weight excluding hydrogens is 354 g/mol. The fourth-order valence-electron chi connectivity index (χ4n) is 4.13. The van der Waals surface area contributed by atoms with Crippen LogP contribution in [-0.2, 0) is 16.0 Å². The smallest absolute Gasteiger partial charge is 0.250 e. The summed E-state index contributed by atoms with van der Waals surface area (Å²) in [6.07, 6.45) is 6.08. The molecule has 7 heteroatoms. The lowest BCUT2D eigenvalue weighted by atomic mass is 10.1. The quantitative estimate of drug-likeness (QED) is 0.789. The molecule has 1 saturated heterocycles. The lowest BCUT2D eigenvalue weighted by Crippen LogP contribution is -2.49. The standard InChI is InChI=1S/C21H27N5O2/c1-2-23-11-13-24(14-12-23)20(27)15-19(25-10-8-22-16-25)21(28)26-9-7-17-5-3-4-6-18(17)26/h3-6,8,10,16,19H,2,7,9,11-15H2,1H3. The Balaban J connectivity index is 1.51. The Hall–Kier alpha value is -2.67. The third-order valence-corrected chi connectivity index (χ3v) is 5.86. The molecule has 148 valence electrons. The van der Waals surface area contributed by atoms with Crippen molar-refractivity contribution in [2.75, 3.05) is 44.2 Å². The highest BCUT2D eigenvalue weighted by Gasteiger charge is 2.33. The van der Waals surface area contributed by atoms with Crippen LogP contribution in [0.15, 0.2) is 43.0 Å². The number of likely N-dealkylation sites (N-methyl/N-ethyl adjacent to an activating group) is 1. The monoisotopic (exact) mass is 381 g/mol. The molecule has 2 aromatic rings. The maximum absolute atomic E-state index is 13.4. The molecule has 0 aliphatic carbocycles. The second-order valence-electron chi connectivity index (χ2n) is 7.41. The van der Waals surface area contributed by atoms with E-state index in [2.05, 4.69) is 22.9 Å². The molecule has 0 radical (unpaired) electrons. The molecule has 2 aliphatic rings. The summed E-state index contributed by atoms with van der Waals surface area (Å²) in [4.78, 5) is 36.5. The van der Waals surface area contributed by atoms with E-state index in [0.29, 0.717) is 6.54 Å². The molecule has 0 N–H and O–H groups in total. The molecular formula is C21H27N5O2. The Morgan fingerprint density at radius 1 is 1.11 bits per heavy atom. The van der Waals surface area contributed by atoms with Crippen LogP contribution in [0.25, 0.3) is 0 Å². The van der Waals surface area contributed by atoms with Gasteiger partial charge in [-0.3, -0.25) is 9.59 Å². The first-order valence-corrected chi connectivity index (χ1v) is 10.0. The zero-order chi connectivity index (χ0) is 19.5. The molecule has 2 aliphatic heterocycles. The van der Waals surface area contributed by atoms with Crippen LogP contribution < -0.4 is 4.90 Å². The number of imidazole rings is 1. The van der Waals surface area contributed by atoms with Gasteiger partial charge in [-0.2, -0.15) is 0 Å². The lowest BCUT2D eigenvalue weighted by Gasteiger charge is -2.35. The van der Waals surface area contributed by atoms with Gasteiger partial charge in [-0.1, -0.05) is 25.1 Å². The number of anilines is 1. The number of nitrogens with zero attached hydrogens (tertiary/aromatic N) is 5. The van der Waals surface area contributed by atoms with Gasteiger partial charge in [-0.25, -0.2) is 4.98 Å². The number of hydrogen-bond donors (Lipinski definition) is 0. The normalized spacial score (nSPS) is 18.2. The summed E-state index contributed by atoms with van der Waals surface area (Å²) in [5.74, 6) is -0.00113. The Morgan fingerprint density at radius 2 is 1.89 bits per heavy atom. The summed E-state index contributed by atoms with van der Waals surface area (Å²) >= 11 is 0. The van der Waals surface area contributed by atoms with Gasteiger partial charge < -0.3 is 19.3 Å². The summed E-state index contributed by atoms with van der Waals surface area (Å²) in [6, 6.07) is 7.43. The van der Waals surface area contributed by atoms with Gasteiger partial charge >= 0.3 is 0 Å². The highest BCUT2D eigenvalue weighted by molar-refractivity contribution is 6.00. The number of carbonyl (C=O) groups excluding carboxylic acids is 2. The Kier molecular flexibility index (Phi) is 5.43. The van der Waals surface area contributed by atoms with Crippen LogP contribution in [-0.4, -0.2) is 70.4 Å². The summed E-state index contributed by atoms with van der Waals surface area (Å²) in [5, 5.41) is 0. The number of amides is 2. The summed E-state index contributed by atoms with van der Waals surface area (Å²) in [7, 11) is 0. The van der Waals surface area contributed by atoms with Gasteiger partial charge in [0.1, 0.15) is 6.04 Å². The number of benzene rings is 1. The number of rotatable bonds is 5. The fourth-order valence-corrected chi connectivity index (χ4v) is 4.13. The van der Waals surface area contributed by atoms with Gasteiger partial charge in [-0.05, 0) is 24.6 Å². The van der Waals surface area contributed by atoms with Crippen molar-refractivity contribution >= 4 is 17.5 Å². The van der Waals surface area contributed by atoms with Crippen molar-refractivity contribution in [3.8, 4) is 0 Å². The van der Waals surface area contributed by atoms with Crippen LogP contribution in [0.5, 0.6) is 0 Å². The SMILES string of the molecule is CCN1CCN(C(=O)CC(C(=O)N2CCc3ccccc32)n2ccnc2)CC1. The minimum atomic E-state index is -0.564. The van der Waals surface area contributed by atoms with Gasteiger partial charge in [0, 0.05) is 50.8 Å². The summed E-state index contributed by atoms with van der Waals surface area (Å²) in [5.41, 5.74) is 2.14. The van der Waals surface area contributed by atoms with Crippen molar-refractivity contribution < 1.29 is 9.59 Å². The molecule has 0 spiro atoms. The van der Waals surface area contributed by atoms with Crippen LogP contribution in [0.4, 0.5) is 5.69 Å². The number of piperazine rings is 1. The van der Waals surface area contributed by atoms with E-state index >= 15 is 0 Å². The number of carbonyl (C=O) groups is 2. The van der Waals surface area contributed by atoms with Crippen molar-refractivity contribution in [2.45, 2.75) is 25.8 Å². The van der Waals surface area contributed by atoms with Gasteiger partial charge in [0.05, 0.1) is 12.7 Å². The minimum absolute atomic E-state index is 0.0373. The second-order valence-corrected chi connectivity index (χ2v) is 7.41. The maximum Gasteiger partial charge on any atom is 0.250 e. The third-order valence-electron chi connectivity index (χ3n) is 5.86. The Morgan fingerprint density at radius 3 is 2.61 bits per heavy atom. The van der Waals surface area contributed by atoms with Crippen molar-refractivity contribution in [3.63, 3.8) is 0 Å². The van der Waals surface area contributed by atoms with E-state index in [0.717, 1.165) is 44.8 Å². The fraction of sp³-hybridized carbons (Fsp3) is 0.476. The van der Waals surface area contributed by atoms with Gasteiger partial charge in [0.15, 0.2) is 0 Å². The van der Waals surface area contributed by atoms with Crippen molar-refractivity contribution in [3.05, 3.63) is 48.5 Å². The number of aromatic nitrogens is 2. The highest BCUT2D eigenvalue weighted by Crippen LogP contribution is 2.30. The Labute approximate surface area is 165 Å². The number of fused-ring (bicyclic) bond motifs is 1.